The molecule has 4 heterocycles. The van der Waals surface area contributed by atoms with Crippen molar-refractivity contribution in [2.24, 2.45) is 0 Å². The van der Waals surface area contributed by atoms with Gasteiger partial charge in [0, 0.05) is 0 Å². The number of rotatable bonds is 2. The number of imidazole rings is 2. The van der Waals surface area contributed by atoms with Crippen LogP contribution >= 0.6 is 0 Å². The summed E-state index contributed by atoms with van der Waals surface area (Å²) >= 11 is 0. The number of anilines is 3. The Morgan fingerprint density at radius 3 is 2.17 bits per heavy atom. The molecule has 4 aromatic rings. The maximum absolute atomic E-state index is 8.63. The Balaban J connectivity index is 0.000000141. The molecule has 0 aliphatic carbocycles. The van der Waals surface area contributed by atoms with Crippen molar-refractivity contribution in [2.45, 2.75) is 0 Å². The quantitative estimate of drug-likeness (QED) is 0.263. The molecule has 0 bridgehead atoms. The Kier molecular flexibility index (Phi) is 3.90. The summed E-state index contributed by atoms with van der Waals surface area (Å²) < 4.78 is 4.95. The van der Waals surface area contributed by atoms with E-state index >= 15 is 0 Å². The van der Waals surface area contributed by atoms with E-state index in [1.807, 2.05) is 5.48 Å². The molecule has 0 aliphatic rings. The zero-order valence-corrected chi connectivity index (χ0v) is 12.3. The number of fused-ring (bicyclic) bond motifs is 2. The first-order valence-electron chi connectivity index (χ1n) is 6.49. The number of nitrogens with one attached hydrogen (secondary N) is 3. The predicted molar refractivity (Wildman–Crippen MR) is 84.2 cm³/mol. The number of ether oxygens (including phenoxy) is 1. The summed E-state index contributed by atoms with van der Waals surface area (Å²) in [6, 6.07) is 0. The van der Waals surface area contributed by atoms with Crippen LogP contribution in [-0.4, -0.2) is 52.2 Å². The lowest BCUT2D eigenvalue weighted by Gasteiger charge is -1.98. The Morgan fingerprint density at radius 2 is 1.54 bits per heavy atom. The van der Waals surface area contributed by atoms with Crippen LogP contribution in [0.5, 0.6) is 5.88 Å². The van der Waals surface area contributed by atoms with E-state index in [2.05, 4.69) is 39.9 Å². The molecule has 4 aromatic heterocycles. The standard InChI is InChI=1S/C6H7N5O.C5H6N6O/c1-12-5-3-4(9-2-8-3)10-6(7)11-5;6-5-9-3-2(7-1-8-3)4(10-5)11-12/h2H,1H3,(H3,7,8,9,10,11);1,12H,(H4,6,7,8,9,10,11). The number of hydrogen-bond donors (Lipinski definition) is 6. The summed E-state index contributed by atoms with van der Waals surface area (Å²) in [5.74, 6) is 0.824. The van der Waals surface area contributed by atoms with Gasteiger partial charge in [0.1, 0.15) is 0 Å². The minimum absolute atomic E-state index is 0.0725. The second-order valence-corrected chi connectivity index (χ2v) is 4.33. The van der Waals surface area contributed by atoms with Gasteiger partial charge >= 0.3 is 0 Å². The highest BCUT2D eigenvalue weighted by atomic mass is 16.5. The van der Waals surface area contributed by atoms with Crippen molar-refractivity contribution in [2.75, 3.05) is 24.1 Å². The van der Waals surface area contributed by atoms with Crippen molar-refractivity contribution in [1.82, 2.24) is 39.9 Å². The monoisotopic (exact) mass is 331 g/mol. The van der Waals surface area contributed by atoms with E-state index in [1.165, 1.54) is 19.8 Å². The van der Waals surface area contributed by atoms with Crippen LogP contribution in [0.1, 0.15) is 0 Å². The summed E-state index contributed by atoms with van der Waals surface area (Å²) in [5, 5.41) is 8.63. The average molecular weight is 331 g/mol. The summed E-state index contributed by atoms with van der Waals surface area (Å²) in [6.45, 7) is 0. The van der Waals surface area contributed by atoms with Gasteiger partial charge in [-0.25, -0.2) is 9.97 Å². The average Bonchev–Trinajstić information content (AvgIpc) is 3.22. The second kappa shape index (κ2) is 6.17. The van der Waals surface area contributed by atoms with Gasteiger partial charge in [-0.15, -0.1) is 0 Å². The van der Waals surface area contributed by atoms with Crippen LogP contribution in [0.25, 0.3) is 22.3 Å². The van der Waals surface area contributed by atoms with Crippen molar-refractivity contribution in [3.63, 3.8) is 0 Å². The van der Waals surface area contributed by atoms with Gasteiger partial charge in [-0.3, -0.25) is 10.7 Å². The van der Waals surface area contributed by atoms with Crippen molar-refractivity contribution in [3.8, 4) is 5.88 Å². The van der Waals surface area contributed by atoms with E-state index in [0.717, 1.165) is 0 Å². The molecule has 24 heavy (non-hydrogen) atoms. The Morgan fingerprint density at radius 1 is 0.958 bits per heavy atom. The van der Waals surface area contributed by atoms with Crippen molar-refractivity contribution in [3.05, 3.63) is 12.7 Å². The third-order valence-electron chi connectivity index (χ3n) is 2.86. The van der Waals surface area contributed by atoms with Gasteiger partial charge < -0.3 is 26.2 Å². The van der Waals surface area contributed by atoms with E-state index in [1.54, 1.807) is 0 Å². The molecule has 0 radical (unpaired) electrons. The number of nitrogens with zero attached hydrogens (tertiary/aromatic N) is 6. The maximum atomic E-state index is 8.63. The van der Waals surface area contributed by atoms with E-state index in [9.17, 15) is 0 Å². The maximum Gasteiger partial charge on any atom is 0.246 e. The van der Waals surface area contributed by atoms with Gasteiger partial charge in [-0.05, 0) is 0 Å². The number of H-pyrrole nitrogens is 2. The number of nitrogen functional groups attached to an aromatic ring is 2. The predicted octanol–water partition coefficient (Wildman–Crippen LogP) is -0.320. The van der Waals surface area contributed by atoms with Gasteiger partial charge in [0.15, 0.2) is 28.1 Å². The van der Waals surface area contributed by atoms with E-state index in [4.69, 9.17) is 21.4 Å². The van der Waals surface area contributed by atoms with Gasteiger partial charge in [0.2, 0.25) is 17.8 Å². The summed E-state index contributed by atoms with van der Waals surface area (Å²) in [4.78, 5) is 28.7. The fourth-order valence-corrected chi connectivity index (χ4v) is 1.90. The molecule has 0 amide bonds. The van der Waals surface area contributed by atoms with E-state index in [0.29, 0.717) is 28.2 Å². The number of aromatic amines is 2. The fraction of sp³-hybridized carbons (Fsp3) is 0.0909. The highest BCUT2D eigenvalue weighted by Gasteiger charge is 2.08. The van der Waals surface area contributed by atoms with Gasteiger partial charge in [0.25, 0.3) is 0 Å². The second-order valence-electron chi connectivity index (χ2n) is 4.33. The molecule has 13 nitrogen and oxygen atoms in total. The topological polar surface area (TPSA) is 202 Å². The molecule has 124 valence electrons. The molecule has 0 unspecified atom stereocenters. The highest BCUT2D eigenvalue weighted by molar-refractivity contribution is 5.82. The third kappa shape index (κ3) is 2.78. The van der Waals surface area contributed by atoms with Crippen LogP contribution in [0, 0.1) is 0 Å². The smallest absolute Gasteiger partial charge is 0.246 e. The van der Waals surface area contributed by atoms with Crippen molar-refractivity contribution >= 4 is 40.0 Å². The molecule has 0 spiro atoms. The van der Waals surface area contributed by atoms with Gasteiger partial charge in [0.05, 0.1) is 19.8 Å². The van der Waals surface area contributed by atoms with E-state index < -0.39 is 0 Å². The first-order valence-corrected chi connectivity index (χ1v) is 6.49. The molecule has 0 saturated carbocycles. The van der Waals surface area contributed by atoms with Gasteiger partial charge in [-0.1, -0.05) is 0 Å². The number of nitrogens with two attached hydrogens (primary N) is 2. The Hall–Kier alpha value is -3.74. The van der Waals surface area contributed by atoms with Crippen LogP contribution in [0.2, 0.25) is 0 Å². The summed E-state index contributed by atoms with van der Waals surface area (Å²) in [7, 11) is 1.51. The largest absolute Gasteiger partial charge is 0.479 e. The zero-order chi connectivity index (χ0) is 17.1. The SMILES string of the molecule is COc1nc(N)nc2[nH]cnc12.Nc1nc(NO)c2nc[nH]c2n1. The number of methoxy groups -OCH3 is 1. The summed E-state index contributed by atoms with van der Waals surface area (Å²) in [5.41, 5.74) is 14.7. The van der Waals surface area contributed by atoms with Gasteiger partial charge in [-0.2, -0.15) is 19.9 Å². The molecule has 0 saturated heterocycles. The molecule has 13 heteroatoms. The molecular formula is C11H13N11O2. The lowest BCUT2D eigenvalue weighted by atomic mass is 10.5. The molecular weight excluding hydrogens is 318 g/mol. The number of aromatic nitrogens is 8. The molecule has 0 atom stereocenters. The van der Waals surface area contributed by atoms with Crippen LogP contribution in [-0.2, 0) is 0 Å². The molecule has 0 fully saturated rings. The fourth-order valence-electron chi connectivity index (χ4n) is 1.90. The number of hydrogen-bond acceptors (Lipinski definition) is 11. The lowest BCUT2D eigenvalue weighted by Crippen LogP contribution is -2.01. The van der Waals surface area contributed by atoms with Crippen LogP contribution < -0.4 is 21.7 Å². The minimum Gasteiger partial charge on any atom is -0.479 e. The molecule has 0 aromatic carbocycles. The first-order chi connectivity index (χ1) is 11.6. The van der Waals surface area contributed by atoms with Crippen LogP contribution in [0.3, 0.4) is 0 Å². The zero-order valence-electron chi connectivity index (χ0n) is 12.3. The lowest BCUT2D eigenvalue weighted by molar-refractivity contribution is 0.387. The Bertz CT molecular complexity index is 899. The molecule has 0 aliphatic heterocycles. The third-order valence-corrected chi connectivity index (χ3v) is 2.86. The summed E-state index contributed by atoms with van der Waals surface area (Å²) in [6.07, 6.45) is 2.96. The first kappa shape index (κ1) is 15.2. The molecule has 4 rings (SSSR count). The van der Waals surface area contributed by atoms with Crippen molar-refractivity contribution < 1.29 is 9.94 Å². The molecule has 8 N–H and O–H groups in total. The minimum atomic E-state index is 0.0725. The Labute approximate surface area is 133 Å². The highest BCUT2D eigenvalue weighted by Crippen LogP contribution is 2.18. The van der Waals surface area contributed by atoms with Crippen molar-refractivity contribution in [1.29, 1.82) is 0 Å². The van der Waals surface area contributed by atoms with Crippen LogP contribution in [0.4, 0.5) is 17.7 Å². The normalized spacial score (nSPS) is 10.4. The van der Waals surface area contributed by atoms with E-state index in [-0.39, 0.29) is 17.7 Å². The van der Waals surface area contributed by atoms with Crippen LogP contribution in [0.15, 0.2) is 12.7 Å².